The largest absolute Gasteiger partial charge is 0.507 e. The number of Topliss-reactive ketones (excluding diaryl/α,β-unsaturated/α-hetero) is 1. The standard InChI is InChI=1S/C28H35NO6/c1-5-13-29-25(19-9-7-10-21(16-19)35-15-8-14-30)24(27(32)28(29)33)26(31)20-11-12-23(34-6-2)22(17-20)18(3)4/h7,9-12,16-18,25,30-31H,5-6,8,13-15H2,1-4H3/b26-24+. The van der Waals surface area contributed by atoms with E-state index in [1.54, 1.807) is 30.3 Å². The van der Waals surface area contributed by atoms with Crippen LogP contribution in [0, 0.1) is 0 Å². The summed E-state index contributed by atoms with van der Waals surface area (Å²) in [6.45, 7) is 9.18. The molecule has 1 heterocycles. The first-order chi connectivity index (χ1) is 16.8. The molecule has 0 saturated carbocycles. The van der Waals surface area contributed by atoms with Crippen molar-refractivity contribution in [3.05, 3.63) is 64.7 Å². The van der Waals surface area contributed by atoms with Gasteiger partial charge >= 0.3 is 0 Å². The summed E-state index contributed by atoms with van der Waals surface area (Å²) in [6, 6.07) is 11.8. The van der Waals surface area contributed by atoms with E-state index < -0.39 is 17.7 Å². The molecule has 1 saturated heterocycles. The van der Waals surface area contributed by atoms with Crippen LogP contribution in [0.2, 0.25) is 0 Å². The van der Waals surface area contributed by atoms with E-state index in [9.17, 15) is 14.7 Å². The highest BCUT2D eigenvalue weighted by Crippen LogP contribution is 2.41. The van der Waals surface area contributed by atoms with Crippen LogP contribution >= 0.6 is 0 Å². The molecule has 1 aliphatic rings. The number of aliphatic hydroxyl groups is 2. The molecule has 0 bridgehead atoms. The van der Waals surface area contributed by atoms with Gasteiger partial charge in [-0.2, -0.15) is 0 Å². The summed E-state index contributed by atoms with van der Waals surface area (Å²) in [5.74, 6) is -0.0950. The molecule has 0 spiro atoms. The molecule has 0 radical (unpaired) electrons. The molecule has 3 rings (SSSR count). The first-order valence-corrected chi connectivity index (χ1v) is 12.2. The zero-order valence-corrected chi connectivity index (χ0v) is 20.9. The van der Waals surface area contributed by atoms with Gasteiger partial charge in [0.15, 0.2) is 0 Å². The van der Waals surface area contributed by atoms with Gasteiger partial charge in [-0.1, -0.05) is 32.9 Å². The minimum atomic E-state index is -0.731. The number of carbonyl (C=O) groups excluding carboxylic acids is 2. The van der Waals surface area contributed by atoms with E-state index >= 15 is 0 Å². The molecule has 0 aromatic heterocycles. The summed E-state index contributed by atoms with van der Waals surface area (Å²) in [7, 11) is 0. The lowest BCUT2D eigenvalue weighted by Crippen LogP contribution is -2.30. The van der Waals surface area contributed by atoms with Gasteiger partial charge in [-0.05, 0) is 60.7 Å². The van der Waals surface area contributed by atoms with E-state index in [-0.39, 0.29) is 23.9 Å². The number of benzene rings is 2. The summed E-state index contributed by atoms with van der Waals surface area (Å²) >= 11 is 0. The second kappa shape index (κ2) is 11.9. The van der Waals surface area contributed by atoms with E-state index in [1.807, 2.05) is 39.8 Å². The molecule has 7 heteroatoms. The van der Waals surface area contributed by atoms with E-state index in [0.717, 1.165) is 11.3 Å². The zero-order chi connectivity index (χ0) is 25.5. The molecule has 188 valence electrons. The molecule has 1 aliphatic heterocycles. The van der Waals surface area contributed by atoms with Gasteiger partial charge < -0.3 is 24.6 Å². The molecule has 35 heavy (non-hydrogen) atoms. The third kappa shape index (κ3) is 5.68. The molecule has 1 fully saturated rings. The number of likely N-dealkylation sites (tertiary alicyclic amines) is 1. The number of amides is 1. The Morgan fingerprint density at radius 3 is 2.51 bits per heavy atom. The normalized spacial score (nSPS) is 17.3. The fraction of sp³-hybridized carbons (Fsp3) is 0.429. The molecule has 1 amide bonds. The molecular formula is C28H35NO6. The highest BCUT2D eigenvalue weighted by Gasteiger charge is 2.45. The Morgan fingerprint density at radius 2 is 1.86 bits per heavy atom. The summed E-state index contributed by atoms with van der Waals surface area (Å²) in [5.41, 5.74) is 2.12. The fourth-order valence-corrected chi connectivity index (χ4v) is 4.32. The van der Waals surface area contributed by atoms with Crippen LogP contribution in [-0.4, -0.2) is 53.2 Å². The lowest BCUT2D eigenvalue weighted by molar-refractivity contribution is -0.139. The summed E-state index contributed by atoms with van der Waals surface area (Å²) in [4.78, 5) is 27.7. The van der Waals surface area contributed by atoms with Crippen LogP contribution in [0.1, 0.15) is 69.2 Å². The number of ether oxygens (including phenoxy) is 2. The number of rotatable bonds is 11. The number of hydrogen-bond acceptors (Lipinski definition) is 6. The highest BCUT2D eigenvalue weighted by molar-refractivity contribution is 6.46. The first-order valence-electron chi connectivity index (χ1n) is 12.2. The fourth-order valence-electron chi connectivity index (χ4n) is 4.32. The van der Waals surface area contributed by atoms with Crippen LogP contribution in [0.15, 0.2) is 48.0 Å². The van der Waals surface area contributed by atoms with Gasteiger partial charge in [-0.25, -0.2) is 0 Å². The topological polar surface area (TPSA) is 96.3 Å². The Bertz CT molecular complexity index is 1090. The second-order valence-corrected chi connectivity index (χ2v) is 8.83. The van der Waals surface area contributed by atoms with Crippen molar-refractivity contribution >= 4 is 17.4 Å². The Kier molecular flexibility index (Phi) is 8.93. The van der Waals surface area contributed by atoms with E-state index in [1.165, 1.54) is 4.90 Å². The second-order valence-electron chi connectivity index (χ2n) is 8.83. The van der Waals surface area contributed by atoms with E-state index in [0.29, 0.717) is 49.5 Å². The van der Waals surface area contributed by atoms with E-state index in [4.69, 9.17) is 14.6 Å². The maximum absolute atomic E-state index is 13.2. The number of aliphatic hydroxyl groups excluding tert-OH is 2. The van der Waals surface area contributed by atoms with Gasteiger partial charge in [0.2, 0.25) is 0 Å². The summed E-state index contributed by atoms with van der Waals surface area (Å²) < 4.78 is 11.4. The van der Waals surface area contributed by atoms with Gasteiger partial charge in [-0.3, -0.25) is 9.59 Å². The van der Waals surface area contributed by atoms with E-state index in [2.05, 4.69) is 0 Å². The minimum absolute atomic E-state index is 0.0246. The van der Waals surface area contributed by atoms with Crippen molar-refractivity contribution in [2.75, 3.05) is 26.4 Å². The van der Waals surface area contributed by atoms with Crippen molar-refractivity contribution in [2.24, 2.45) is 0 Å². The van der Waals surface area contributed by atoms with Crippen LogP contribution in [0.5, 0.6) is 11.5 Å². The lowest BCUT2D eigenvalue weighted by Gasteiger charge is -2.25. The average molecular weight is 482 g/mol. The number of ketones is 1. The van der Waals surface area contributed by atoms with Crippen LogP contribution < -0.4 is 9.47 Å². The zero-order valence-electron chi connectivity index (χ0n) is 20.9. The molecule has 7 nitrogen and oxygen atoms in total. The van der Waals surface area contributed by atoms with Crippen molar-refractivity contribution in [1.29, 1.82) is 0 Å². The van der Waals surface area contributed by atoms with Crippen LogP contribution in [0.3, 0.4) is 0 Å². The number of nitrogens with zero attached hydrogens (tertiary/aromatic N) is 1. The quantitative estimate of drug-likeness (QED) is 0.207. The van der Waals surface area contributed by atoms with Crippen molar-refractivity contribution in [2.45, 2.75) is 52.5 Å². The molecule has 2 aromatic rings. The molecular weight excluding hydrogens is 446 g/mol. The highest BCUT2D eigenvalue weighted by atomic mass is 16.5. The monoisotopic (exact) mass is 481 g/mol. The van der Waals surface area contributed by atoms with Gasteiger partial charge in [0.05, 0.1) is 24.8 Å². The third-order valence-electron chi connectivity index (χ3n) is 5.95. The molecule has 1 unspecified atom stereocenters. The average Bonchev–Trinajstić information content (AvgIpc) is 3.09. The van der Waals surface area contributed by atoms with Gasteiger partial charge in [-0.15, -0.1) is 0 Å². The maximum Gasteiger partial charge on any atom is 0.295 e. The number of carbonyl (C=O) groups is 2. The van der Waals surface area contributed by atoms with Crippen LogP contribution in [0.4, 0.5) is 0 Å². The Hall–Kier alpha value is -3.32. The smallest absolute Gasteiger partial charge is 0.295 e. The third-order valence-corrected chi connectivity index (χ3v) is 5.95. The lowest BCUT2D eigenvalue weighted by atomic mass is 9.93. The van der Waals surface area contributed by atoms with Gasteiger partial charge in [0.25, 0.3) is 11.7 Å². The van der Waals surface area contributed by atoms with Crippen molar-refractivity contribution in [3.63, 3.8) is 0 Å². The number of hydrogen-bond donors (Lipinski definition) is 2. The predicted octanol–water partition coefficient (Wildman–Crippen LogP) is 4.80. The Balaban J connectivity index is 2.12. The first kappa shape index (κ1) is 26.3. The SMILES string of the molecule is CCCN1C(=O)C(=O)/C(=C(/O)c2ccc(OCC)c(C(C)C)c2)C1c1cccc(OCCCO)c1. The predicted molar refractivity (Wildman–Crippen MR) is 135 cm³/mol. The van der Waals surface area contributed by atoms with Crippen molar-refractivity contribution in [1.82, 2.24) is 4.90 Å². The Labute approximate surface area is 207 Å². The van der Waals surface area contributed by atoms with Crippen LogP contribution in [-0.2, 0) is 9.59 Å². The summed E-state index contributed by atoms with van der Waals surface area (Å²) in [5, 5.41) is 20.4. The molecule has 1 atom stereocenters. The van der Waals surface area contributed by atoms with Crippen molar-refractivity contribution < 1.29 is 29.3 Å². The molecule has 2 aromatic carbocycles. The molecule has 2 N–H and O–H groups in total. The van der Waals surface area contributed by atoms with Crippen LogP contribution in [0.25, 0.3) is 5.76 Å². The molecule has 0 aliphatic carbocycles. The van der Waals surface area contributed by atoms with Crippen molar-refractivity contribution in [3.8, 4) is 11.5 Å². The van der Waals surface area contributed by atoms with Gasteiger partial charge in [0.1, 0.15) is 17.3 Å². The Morgan fingerprint density at radius 1 is 1.09 bits per heavy atom. The minimum Gasteiger partial charge on any atom is -0.507 e. The summed E-state index contributed by atoms with van der Waals surface area (Å²) in [6.07, 6.45) is 1.16. The maximum atomic E-state index is 13.2. The van der Waals surface area contributed by atoms with Gasteiger partial charge in [0, 0.05) is 25.1 Å².